The van der Waals surface area contributed by atoms with Gasteiger partial charge in [0.25, 0.3) is 5.91 Å². The van der Waals surface area contributed by atoms with Crippen LogP contribution in [0.2, 0.25) is 0 Å². The number of aromatic nitrogens is 1. The number of likely N-dealkylation sites (N-methyl/N-ethyl adjacent to an activating group) is 1. The molecule has 0 unspecified atom stereocenters. The van der Waals surface area contributed by atoms with Crippen molar-refractivity contribution in [2.45, 2.75) is 33.2 Å². The zero-order chi connectivity index (χ0) is 16.1. The monoisotopic (exact) mass is 301 g/mol. The summed E-state index contributed by atoms with van der Waals surface area (Å²) in [7, 11) is 0. The highest BCUT2D eigenvalue weighted by Gasteiger charge is 2.22. The molecular formula is C17H23N3O2. The van der Waals surface area contributed by atoms with E-state index in [9.17, 15) is 9.59 Å². The van der Waals surface area contributed by atoms with Gasteiger partial charge in [0.15, 0.2) is 0 Å². The van der Waals surface area contributed by atoms with Crippen molar-refractivity contribution in [1.82, 2.24) is 15.6 Å². The molecule has 0 saturated carbocycles. The molecule has 118 valence electrons. The summed E-state index contributed by atoms with van der Waals surface area (Å²) in [4.78, 5) is 27.6. The van der Waals surface area contributed by atoms with Gasteiger partial charge >= 0.3 is 0 Å². The Morgan fingerprint density at radius 3 is 2.68 bits per heavy atom. The summed E-state index contributed by atoms with van der Waals surface area (Å²) in [6, 6.07) is 6.87. The third-order valence-electron chi connectivity index (χ3n) is 3.50. The maximum Gasteiger partial charge on any atom is 0.251 e. The molecule has 0 spiro atoms. The summed E-state index contributed by atoms with van der Waals surface area (Å²) < 4.78 is 0. The van der Waals surface area contributed by atoms with Gasteiger partial charge in [0.05, 0.1) is 0 Å². The fourth-order valence-electron chi connectivity index (χ4n) is 2.44. The average molecular weight is 301 g/mol. The Labute approximate surface area is 130 Å². The maximum atomic E-state index is 12.4. The van der Waals surface area contributed by atoms with Gasteiger partial charge in [0.2, 0.25) is 5.91 Å². The van der Waals surface area contributed by atoms with Crippen molar-refractivity contribution in [3.63, 3.8) is 0 Å². The summed E-state index contributed by atoms with van der Waals surface area (Å²) in [6.07, 6.45) is 2.45. The fraction of sp³-hybridized carbons (Fsp3) is 0.412. The van der Waals surface area contributed by atoms with Crippen LogP contribution in [0.15, 0.2) is 30.5 Å². The summed E-state index contributed by atoms with van der Waals surface area (Å²) in [6.45, 7) is 6.49. The standard InChI is InChI=1S/C17H23N3O2/c1-4-18-17(22)15(9-11(2)3)20-16(21)13-5-6-14-12(10-13)7-8-19-14/h5-8,10-11,15,19H,4,9H2,1-3H3,(H,18,22)(H,20,21)/t15-/m0/s1. The van der Waals surface area contributed by atoms with E-state index in [1.807, 2.05) is 45.2 Å². The second-order valence-electron chi connectivity index (χ2n) is 5.83. The first-order valence-electron chi connectivity index (χ1n) is 7.67. The molecule has 0 aliphatic rings. The predicted molar refractivity (Wildman–Crippen MR) is 87.7 cm³/mol. The van der Waals surface area contributed by atoms with E-state index in [0.29, 0.717) is 24.4 Å². The molecule has 2 amide bonds. The van der Waals surface area contributed by atoms with Gasteiger partial charge in [0, 0.05) is 29.2 Å². The third kappa shape index (κ3) is 3.87. The molecule has 0 saturated heterocycles. The molecule has 1 heterocycles. The average Bonchev–Trinajstić information content (AvgIpc) is 2.93. The van der Waals surface area contributed by atoms with Crippen LogP contribution in [0, 0.1) is 5.92 Å². The van der Waals surface area contributed by atoms with Crippen molar-refractivity contribution in [2.75, 3.05) is 6.54 Å². The van der Waals surface area contributed by atoms with Crippen molar-refractivity contribution >= 4 is 22.7 Å². The molecular weight excluding hydrogens is 278 g/mol. The van der Waals surface area contributed by atoms with Crippen LogP contribution in [-0.2, 0) is 4.79 Å². The van der Waals surface area contributed by atoms with Gasteiger partial charge in [-0.3, -0.25) is 9.59 Å². The molecule has 1 aromatic carbocycles. The number of amides is 2. The summed E-state index contributed by atoms with van der Waals surface area (Å²) in [5, 5.41) is 6.60. The van der Waals surface area contributed by atoms with Crippen molar-refractivity contribution in [3.05, 3.63) is 36.0 Å². The molecule has 0 aliphatic heterocycles. The first-order chi connectivity index (χ1) is 10.5. The number of aromatic amines is 1. The number of nitrogens with one attached hydrogen (secondary N) is 3. The van der Waals surface area contributed by atoms with Gasteiger partial charge in [-0.15, -0.1) is 0 Å². The maximum absolute atomic E-state index is 12.4. The molecule has 0 fully saturated rings. The molecule has 2 aromatic rings. The second kappa shape index (κ2) is 7.11. The molecule has 0 aliphatic carbocycles. The minimum absolute atomic E-state index is 0.132. The molecule has 0 radical (unpaired) electrons. The van der Waals surface area contributed by atoms with Crippen molar-refractivity contribution in [3.8, 4) is 0 Å². The van der Waals surface area contributed by atoms with Crippen molar-refractivity contribution in [1.29, 1.82) is 0 Å². The third-order valence-corrected chi connectivity index (χ3v) is 3.50. The molecule has 2 rings (SSSR count). The number of H-pyrrole nitrogens is 1. The Hall–Kier alpha value is -2.30. The Bertz CT molecular complexity index is 661. The SMILES string of the molecule is CCNC(=O)[C@H](CC(C)C)NC(=O)c1ccc2[nH]ccc2c1. The highest BCUT2D eigenvalue weighted by Crippen LogP contribution is 2.15. The largest absolute Gasteiger partial charge is 0.361 e. The molecule has 0 bridgehead atoms. The predicted octanol–water partition coefficient (Wildman–Crippen LogP) is 2.45. The van der Waals surface area contributed by atoms with Crippen LogP contribution in [-0.4, -0.2) is 29.4 Å². The molecule has 5 heteroatoms. The summed E-state index contributed by atoms with van der Waals surface area (Å²) in [5.41, 5.74) is 1.55. The number of benzene rings is 1. The fourth-order valence-corrected chi connectivity index (χ4v) is 2.44. The van der Waals surface area contributed by atoms with Gasteiger partial charge in [0.1, 0.15) is 6.04 Å². The Kier molecular flexibility index (Phi) is 5.20. The van der Waals surface area contributed by atoms with E-state index in [-0.39, 0.29) is 11.8 Å². The van der Waals surface area contributed by atoms with Gasteiger partial charge < -0.3 is 15.6 Å². The number of fused-ring (bicyclic) bond motifs is 1. The van der Waals surface area contributed by atoms with E-state index in [0.717, 1.165) is 10.9 Å². The van der Waals surface area contributed by atoms with E-state index >= 15 is 0 Å². The van der Waals surface area contributed by atoms with E-state index in [4.69, 9.17) is 0 Å². The zero-order valence-electron chi connectivity index (χ0n) is 13.3. The lowest BCUT2D eigenvalue weighted by molar-refractivity contribution is -0.123. The van der Waals surface area contributed by atoms with Gasteiger partial charge in [-0.1, -0.05) is 13.8 Å². The van der Waals surface area contributed by atoms with Crippen LogP contribution in [0.3, 0.4) is 0 Å². The van der Waals surface area contributed by atoms with Crippen molar-refractivity contribution < 1.29 is 9.59 Å². The Morgan fingerprint density at radius 1 is 1.23 bits per heavy atom. The number of hydrogen-bond acceptors (Lipinski definition) is 2. The minimum atomic E-state index is -0.505. The van der Waals surface area contributed by atoms with E-state index in [1.165, 1.54) is 0 Å². The van der Waals surface area contributed by atoms with Crippen molar-refractivity contribution in [2.24, 2.45) is 5.92 Å². The van der Waals surface area contributed by atoms with Crippen LogP contribution >= 0.6 is 0 Å². The van der Waals surface area contributed by atoms with Crippen LogP contribution in [0.4, 0.5) is 0 Å². The highest BCUT2D eigenvalue weighted by molar-refractivity contribution is 6.00. The second-order valence-corrected chi connectivity index (χ2v) is 5.83. The minimum Gasteiger partial charge on any atom is -0.361 e. The number of hydrogen-bond donors (Lipinski definition) is 3. The van der Waals surface area contributed by atoms with Crippen LogP contribution < -0.4 is 10.6 Å². The molecule has 22 heavy (non-hydrogen) atoms. The normalized spacial score (nSPS) is 12.4. The first kappa shape index (κ1) is 16.1. The van der Waals surface area contributed by atoms with E-state index in [1.54, 1.807) is 6.07 Å². The van der Waals surface area contributed by atoms with Crippen LogP contribution in [0.1, 0.15) is 37.6 Å². The van der Waals surface area contributed by atoms with Gasteiger partial charge in [-0.05, 0) is 43.5 Å². The number of carbonyl (C=O) groups excluding carboxylic acids is 2. The van der Waals surface area contributed by atoms with E-state index in [2.05, 4.69) is 15.6 Å². The molecule has 1 atom stereocenters. The van der Waals surface area contributed by atoms with Crippen LogP contribution in [0.5, 0.6) is 0 Å². The summed E-state index contributed by atoms with van der Waals surface area (Å²) in [5.74, 6) is -0.0349. The smallest absolute Gasteiger partial charge is 0.251 e. The van der Waals surface area contributed by atoms with Gasteiger partial charge in [-0.2, -0.15) is 0 Å². The topological polar surface area (TPSA) is 74.0 Å². The summed E-state index contributed by atoms with van der Waals surface area (Å²) >= 11 is 0. The lowest BCUT2D eigenvalue weighted by atomic mass is 10.0. The molecule has 5 nitrogen and oxygen atoms in total. The lowest BCUT2D eigenvalue weighted by Crippen LogP contribution is -2.47. The number of rotatable bonds is 6. The Balaban J connectivity index is 2.13. The highest BCUT2D eigenvalue weighted by atomic mass is 16.2. The van der Waals surface area contributed by atoms with E-state index < -0.39 is 6.04 Å². The van der Waals surface area contributed by atoms with Gasteiger partial charge in [-0.25, -0.2) is 0 Å². The lowest BCUT2D eigenvalue weighted by Gasteiger charge is -2.20. The number of carbonyl (C=O) groups is 2. The van der Waals surface area contributed by atoms with Crippen LogP contribution in [0.25, 0.3) is 10.9 Å². The quantitative estimate of drug-likeness (QED) is 0.766. The Morgan fingerprint density at radius 2 is 2.00 bits per heavy atom. The molecule has 1 aromatic heterocycles. The molecule has 3 N–H and O–H groups in total. The zero-order valence-corrected chi connectivity index (χ0v) is 13.3. The first-order valence-corrected chi connectivity index (χ1v) is 7.67.